The fourth-order valence-electron chi connectivity index (χ4n) is 1.70. The minimum Gasteiger partial charge on any atom is -0.505 e. The van der Waals surface area contributed by atoms with E-state index in [0.29, 0.717) is 4.31 Å². The molecule has 1 aromatic carbocycles. The van der Waals surface area contributed by atoms with Crippen molar-refractivity contribution in [1.82, 2.24) is 4.31 Å². The fourth-order valence-corrected chi connectivity index (χ4v) is 3.11. The Kier molecular flexibility index (Phi) is 2.35. The van der Waals surface area contributed by atoms with Crippen LogP contribution < -0.4 is 5.73 Å². The van der Waals surface area contributed by atoms with Crippen molar-refractivity contribution in [2.75, 3.05) is 7.05 Å². The number of likely N-dealkylation sites (N-methyl/N-ethyl adjacent to an activating group) is 1. The molecule has 1 aliphatic heterocycles. The monoisotopic (exact) mass is 254 g/mol. The molecule has 0 bridgehead atoms. The number of primary amides is 1. The van der Waals surface area contributed by atoms with Crippen LogP contribution in [0.2, 0.25) is 0 Å². The maximum absolute atomic E-state index is 12.0. The molecule has 1 aromatic rings. The summed E-state index contributed by atoms with van der Waals surface area (Å²) >= 11 is 0. The first-order chi connectivity index (χ1) is 7.87. The van der Waals surface area contributed by atoms with Crippen molar-refractivity contribution in [1.29, 1.82) is 0 Å². The highest BCUT2D eigenvalue weighted by molar-refractivity contribution is 7.89. The number of sulfonamides is 1. The molecule has 0 saturated heterocycles. The zero-order chi connectivity index (χ0) is 12.8. The Morgan fingerprint density at radius 1 is 1.35 bits per heavy atom. The molecule has 0 atom stereocenters. The molecule has 0 aliphatic carbocycles. The maximum Gasteiger partial charge on any atom is 0.269 e. The zero-order valence-corrected chi connectivity index (χ0v) is 9.73. The highest BCUT2D eigenvalue weighted by atomic mass is 32.2. The quantitative estimate of drug-likeness (QED) is 0.738. The summed E-state index contributed by atoms with van der Waals surface area (Å²) in [7, 11) is -2.66. The Balaban J connectivity index is 2.87. The van der Waals surface area contributed by atoms with Gasteiger partial charge in [-0.05, 0) is 12.1 Å². The Labute approximate surface area is 98.0 Å². The van der Waals surface area contributed by atoms with Gasteiger partial charge in [0, 0.05) is 12.6 Å². The van der Waals surface area contributed by atoms with Gasteiger partial charge in [-0.15, -0.1) is 0 Å². The van der Waals surface area contributed by atoms with Crippen molar-refractivity contribution >= 4 is 21.7 Å². The van der Waals surface area contributed by atoms with Crippen molar-refractivity contribution in [3.8, 4) is 0 Å². The highest BCUT2D eigenvalue weighted by Crippen LogP contribution is 2.33. The summed E-state index contributed by atoms with van der Waals surface area (Å²) in [5, 5.41) is 9.87. The Morgan fingerprint density at radius 2 is 1.94 bits per heavy atom. The lowest BCUT2D eigenvalue weighted by Gasteiger charge is -2.27. The van der Waals surface area contributed by atoms with E-state index >= 15 is 0 Å². The number of hydrogen-bond donors (Lipinski definition) is 2. The third-order valence-corrected chi connectivity index (χ3v) is 4.37. The van der Waals surface area contributed by atoms with E-state index in [2.05, 4.69) is 0 Å². The van der Waals surface area contributed by atoms with Gasteiger partial charge >= 0.3 is 0 Å². The molecule has 0 saturated carbocycles. The number of aliphatic hydroxyl groups excluding tert-OH is 1. The van der Waals surface area contributed by atoms with Crippen molar-refractivity contribution in [3.63, 3.8) is 0 Å². The largest absolute Gasteiger partial charge is 0.505 e. The Bertz CT molecular complexity index is 633. The molecule has 0 radical (unpaired) electrons. The van der Waals surface area contributed by atoms with Crippen LogP contribution in [0, 0.1) is 0 Å². The third kappa shape index (κ3) is 1.47. The fraction of sp³-hybridized carbons (Fsp3) is 0.100. The summed E-state index contributed by atoms with van der Waals surface area (Å²) in [6.07, 6.45) is 0. The van der Waals surface area contributed by atoms with E-state index in [1.807, 2.05) is 0 Å². The molecule has 0 aromatic heterocycles. The molecule has 1 heterocycles. The molecule has 6 nitrogen and oxygen atoms in total. The third-order valence-electron chi connectivity index (χ3n) is 2.55. The van der Waals surface area contributed by atoms with Crippen molar-refractivity contribution in [3.05, 3.63) is 35.5 Å². The van der Waals surface area contributed by atoms with E-state index in [1.54, 1.807) is 6.07 Å². The molecule has 0 unspecified atom stereocenters. The zero-order valence-electron chi connectivity index (χ0n) is 8.91. The number of amides is 1. The van der Waals surface area contributed by atoms with Crippen LogP contribution in [0.4, 0.5) is 0 Å². The molecular formula is C10H10N2O4S. The lowest BCUT2D eigenvalue weighted by molar-refractivity contribution is -0.115. The topological polar surface area (TPSA) is 101 Å². The van der Waals surface area contributed by atoms with Crippen LogP contribution in [-0.2, 0) is 14.8 Å². The molecule has 2 rings (SSSR count). The van der Waals surface area contributed by atoms with Crippen LogP contribution in [0.15, 0.2) is 34.9 Å². The molecule has 1 aliphatic rings. The first-order valence-corrected chi connectivity index (χ1v) is 6.12. The standard InChI is InChI=1S/C10H10N2O4S/c1-12-8(10(11)14)9(13)6-4-2-3-5-7(6)17(12,15)16/h2-5,13H,1H3,(H2,11,14). The van der Waals surface area contributed by atoms with Gasteiger partial charge in [-0.1, -0.05) is 12.1 Å². The predicted octanol–water partition coefficient (Wildman–Crippen LogP) is 0.0326. The lowest BCUT2D eigenvalue weighted by atomic mass is 10.1. The Hall–Kier alpha value is -2.02. The van der Waals surface area contributed by atoms with Gasteiger partial charge in [0.1, 0.15) is 0 Å². The van der Waals surface area contributed by atoms with E-state index < -0.39 is 27.4 Å². The van der Waals surface area contributed by atoms with Crippen LogP contribution in [0.1, 0.15) is 5.56 Å². The number of carbonyl (C=O) groups is 1. The van der Waals surface area contributed by atoms with E-state index in [4.69, 9.17) is 5.73 Å². The highest BCUT2D eigenvalue weighted by Gasteiger charge is 2.36. The summed E-state index contributed by atoms with van der Waals surface area (Å²) in [4.78, 5) is 11.1. The smallest absolute Gasteiger partial charge is 0.269 e. The first kappa shape index (κ1) is 11.5. The first-order valence-electron chi connectivity index (χ1n) is 4.68. The number of benzene rings is 1. The van der Waals surface area contributed by atoms with Gasteiger partial charge in [-0.3, -0.25) is 9.10 Å². The van der Waals surface area contributed by atoms with E-state index in [-0.39, 0.29) is 10.5 Å². The number of fused-ring (bicyclic) bond motifs is 1. The summed E-state index contributed by atoms with van der Waals surface area (Å²) in [6, 6.07) is 5.87. The summed E-state index contributed by atoms with van der Waals surface area (Å²) < 4.78 is 24.8. The molecule has 1 amide bonds. The van der Waals surface area contributed by atoms with Crippen LogP contribution in [0.25, 0.3) is 5.76 Å². The van der Waals surface area contributed by atoms with Gasteiger partial charge in [-0.25, -0.2) is 8.42 Å². The lowest BCUT2D eigenvalue weighted by Crippen LogP contribution is -2.37. The van der Waals surface area contributed by atoms with Gasteiger partial charge in [0.15, 0.2) is 11.5 Å². The molecular weight excluding hydrogens is 244 g/mol. The number of hydrogen-bond acceptors (Lipinski definition) is 4. The second kappa shape index (κ2) is 3.49. The van der Waals surface area contributed by atoms with Gasteiger partial charge in [0.2, 0.25) is 0 Å². The van der Waals surface area contributed by atoms with Crippen LogP contribution in [0.5, 0.6) is 0 Å². The van der Waals surface area contributed by atoms with Crippen molar-refractivity contribution in [2.24, 2.45) is 5.73 Å². The minimum absolute atomic E-state index is 0.0509. The van der Waals surface area contributed by atoms with Gasteiger partial charge in [0.25, 0.3) is 15.9 Å². The number of nitrogens with two attached hydrogens (primary N) is 1. The molecule has 90 valence electrons. The number of rotatable bonds is 1. The summed E-state index contributed by atoms with van der Waals surface area (Å²) in [5.41, 5.74) is 4.72. The number of nitrogens with zero attached hydrogens (tertiary/aromatic N) is 1. The molecule has 3 N–H and O–H groups in total. The van der Waals surface area contributed by atoms with E-state index in [9.17, 15) is 18.3 Å². The Morgan fingerprint density at radius 3 is 2.53 bits per heavy atom. The van der Waals surface area contributed by atoms with Crippen LogP contribution in [-0.4, -0.2) is 30.8 Å². The van der Waals surface area contributed by atoms with Gasteiger partial charge in [-0.2, -0.15) is 0 Å². The number of carbonyl (C=O) groups excluding carboxylic acids is 1. The second-order valence-corrected chi connectivity index (χ2v) is 5.47. The molecule has 7 heteroatoms. The van der Waals surface area contributed by atoms with Crippen LogP contribution in [0.3, 0.4) is 0 Å². The maximum atomic E-state index is 12.0. The predicted molar refractivity (Wildman–Crippen MR) is 60.1 cm³/mol. The van der Waals surface area contributed by atoms with E-state index in [0.717, 1.165) is 0 Å². The molecule has 17 heavy (non-hydrogen) atoms. The van der Waals surface area contributed by atoms with Crippen LogP contribution >= 0.6 is 0 Å². The molecule has 0 spiro atoms. The average molecular weight is 254 g/mol. The van der Waals surface area contributed by atoms with Crippen molar-refractivity contribution in [2.45, 2.75) is 4.90 Å². The molecule has 0 fully saturated rings. The number of aliphatic hydroxyl groups is 1. The van der Waals surface area contributed by atoms with Gasteiger partial charge < -0.3 is 10.8 Å². The van der Waals surface area contributed by atoms with E-state index in [1.165, 1.54) is 25.2 Å². The second-order valence-electron chi connectivity index (χ2n) is 3.53. The van der Waals surface area contributed by atoms with Gasteiger partial charge in [0.05, 0.1) is 4.90 Å². The normalized spacial score (nSPS) is 17.8. The average Bonchev–Trinajstić information content (AvgIpc) is 2.27. The SMILES string of the molecule is CN1C(C(N)=O)=C(O)c2ccccc2S1(=O)=O. The summed E-state index contributed by atoms with van der Waals surface area (Å²) in [6.45, 7) is 0. The summed E-state index contributed by atoms with van der Waals surface area (Å²) in [5.74, 6) is -1.42. The van der Waals surface area contributed by atoms with Crippen molar-refractivity contribution < 1.29 is 18.3 Å². The minimum atomic E-state index is -3.83.